The van der Waals surface area contributed by atoms with Gasteiger partial charge in [-0.3, -0.25) is 14.4 Å². The van der Waals surface area contributed by atoms with E-state index in [1.165, 1.54) is 12.3 Å². The number of amides is 2. The summed E-state index contributed by atoms with van der Waals surface area (Å²) in [5.41, 5.74) is -0.0955. The van der Waals surface area contributed by atoms with Gasteiger partial charge in [-0.1, -0.05) is 11.6 Å². The van der Waals surface area contributed by atoms with Crippen LogP contribution in [0.4, 0.5) is 0 Å². The first-order chi connectivity index (χ1) is 11.5. The molecule has 7 nitrogen and oxygen atoms in total. The SMILES string of the molecule is COCCN1C(=O)[C@@H]2CC[C@H]1CN(C(=O)c1c[nH]c(=O)c(Cl)c1)C2. The number of hydrogen-bond donors (Lipinski definition) is 1. The van der Waals surface area contributed by atoms with E-state index in [-0.39, 0.29) is 28.8 Å². The number of halogens is 1. The van der Waals surface area contributed by atoms with Crippen LogP contribution in [-0.4, -0.2) is 66.0 Å². The molecule has 4 heterocycles. The van der Waals surface area contributed by atoms with E-state index in [4.69, 9.17) is 16.3 Å². The van der Waals surface area contributed by atoms with Crippen LogP contribution < -0.4 is 5.56 Å². The summed E-state index contributed by atoms with van der Waals surface area (Å²) in [5.74, 6) is -0.299. The second-order valence-corrected chi connectivity index (χ2v) is 6.64. The Labute approximate surface area is 144 Å². The quantitative estimate of drug-likeness (QED) is 0.865. The van der Waals surface area contributed by atoms with Gasteiger partial charge in [0.2, 0.25) is 5.91 Å². The Balaban J connectivity index is 1.80. The van der Waals surface area contributed by atoms with Crippen LogP contribution >= 0.6 is 11.6 Å². The summed E-state index contributed by atoms with van der Waals surface area (Å²) in [5, 5.41) is -0.0172. The minimum Gasteiger partial charge on any atom is -0.383 e. The number of carbonyl (C=O) groups is 2. The summed E-state index contributed by atoms with van der Waals surface area (Å²) < 4.78 is 5.09. The fraction of sp³-hybridized carbons (Fsp3) is 0.562. The molecule has 8 heteroatoms. The number of aromatic nitrogens is 1. The third kappa shape index (κ3) is 3.18. The molecule has 0 saturated carbocycles. The van der Waals surface area contributed by atoms with Gasteiger partial charge in [0, 0.05) is 39.0 Å². The molecule has 2 amide bonds. The number of hydrogen-bond acceptors (Lipinski definition) is 4. The van der Waals surface area contributed by atoms with Crippen molar-refractivity contribution in [2.45, 2.75) is 18.9 Å². The van der Waals surface area contributed by atoms with E-state index < -0.39 is 5.56 Å². The number of carbonyl (C=O) groups excluding carboxylic acids is 2. The van der Waals surface area contributed by atoms with E-state index in [0.29, 0.717) is 31.8 Å². The van der Waals surface area contributed by atoms with Crippen LogP contribution in [0.15, 0.2) is 17.1 Å². The summed E-state index contributed by atoms with van der Waals surface area (Å²) in [7, 11) is 1.61. The summed E-state index contributed by atoms with van der Waals surface area (Å²) in [4.78, 5) is 42.7. The Morgan fingerprint density at radius 3 is 2.88 bits per heavy atom. The van der Waals surface area contributed by atoms with Crippen molar-refractivity contribution in [3.63, 3.8) is 0 Å². The molecule has 3 fully saturated rings. The number of methoxy groups -OCH3 is 1. The number of ether oxygens (including phenoxy) is 1. The fourth-order valence-electron chi connectivity index (χ4n) is 3.45. The Morgan fingerprint density at radius 1 is 1.38 bits per heavy atom. The first-order valence-corrected chi connectivity index (χ1v) is 8.36. The van der Waals surface area contributed by atoms with Gasteiger partial charge in [0.1, 0.15) is 5.02 Å². The highest BCUT2D eigenvalue weighted by Crippen LogP contribution is 2.29. The van der Waals surface area contributed by atoms with Gasteiger partial charge in [-0.2, -0.15) is 0 Å². The lowest BCUT2D eigenvalue weighted by molar-refractivity contribution is -0.140. The molecule has 0 aromatic carbocycles. The zero-order chi connectivity index (χ0) is 17.3. The standard InChI is InChI=1S/C16H20ClN3O4/c1-24-5-4-20-12-3-2-10(16(20)23)8-19(9-12)15(22)11-6-13(17)14(21)18-7-11/h6-7,10,12H,2-5,8-9H2,1H3,(H,18,21)/t10-,12+/m1/s1. The predicted molar refractivity (Wildman–Crippen MR) is 88.1 cm³/mol. The van der Waals surface area contributed by atoms with E-state index in [1.54, 1.807) is 12.0 Å². The number of nitrogens with zero attached hydrogens (tertiary/aromatic N) is 2. The van der Waals surface area contributed by atoms with Crippen molar-refractivity contribution in [2.75, 3.05) is 33.4 Å². The van der Waals surface area contributed by atoms with E-state index >= 15 is 0 Å². The smallest absolute Gasteiger partial charge is 0.266 e. The molecule has 3 aliphatic rings. The Bertz CT molecular complexity index is 705. The van der Waals surface area contributed by atoms with Gasteiger partial charge in [0.05, 0.1) is 18.1 Å². The molecule has 24 heavy (non-hydrogen) atoms. The van der Waals surface area contributed by atoms with Crippen molar-refractivity contribution < 1.29 is 14.3 Å². The highest BCUT2D eigenvalue weighted by Gasteiger charge is 2.41. The predicted octanol–water partition coefficient (Wildman–Crippen LogP) is 0.738. The lowest BCUT2D eigenvalue weighted by Gasteiger charge is -2.35. The molecule has 1 aromatic heterocycles. The summed E-state index contributed by atoms with van der Waals surface area (Å²) in [6.45, 7) is 1.91. The summed E-state index contributed by atoms with van der Waals surface area (Å²) >= 11 is 5.81. The molecule has 4 rings (SSSR count). The van der Waals surface area contributed by atoms with Crippen LogP contribution in [0.5, 0.6) is 0 Å². The molecule has 0 radical (unpaired) electrons. The van der Waals surface area contributed by atoms with Crippen LogP contribution in [0.1, 0.15) is 23.2 Å². The highest BCUT2D eigenvalue weighted by atomic mass is 35.5. The molecule has 2 bridgehead atoms. The fourth-order valence-corrected chi connectivity index (χ4v) is 3.62. The molecule has 3 saturated heterocycles. The topological polar surface area (TPSA) is 82.7 Å². The molecule has 2 atom stereocenters. The van der Waals surface area contributed by atoms with Crippen LogP contribution in [0.2, 0.25) is 5.02 Å². The minimum atomic E-state index is -0.426. The molecule has 0 unspecified atom stereocenters. The largest absolute Gasteiger partial charge is 0.383 e. The monoisotopic (exact) mass is 353 g/mol. The number of nitrogens with one attached hydrogen (secondary N) is 1. The summed E-state index contributed by atoms with van der Waals surface area (Å²) in [6.07, 6.45) is 3.05. The van der Waals surface area contributed by atoms with E-state index in [1.807, 2.05) is 4.90 Å². The van der Waals surface area contributed by atoms with Crippen molar-refractivity contribution in [1.29, 1.82) is 0 Å². The van der Waals surface area contributed by atoms with Crippen molar-refractivity contribution in [2.24, 2.45) is 5.92 Å². The molecule has 3 aliphatic heterocycles. The molecule has 0 spiro atoms. The Morgan fingerprint density at radius 2 is 2.17 bits per heavy atom. The number of piperidine rings is 1. The summed E-state index contributed by atoms with van der Waals surface area (Å²) in [6, 6.07) is 1.38. The number of pyridine rings is 1. The minimum absolute atomic E-state index is 0.00795. The molecule has 1 aromatic rings. The molecular formula is C16H20ClN3O4. The maximum absolute atomic E-state index is 12.8. The van der Waals surface area contributed by atoms with Gasteiger partial charge in [0.15, 0.2) is 0 Å². The van der Waals surface area contributed by atoms with Gasteiger partial charge in [-0.05, 0) is 18.9 Å². The zero-order valence-corrected chi connectivity index (χ0v) is 14.2. The van der Waals surface area contributed by atoms with Gasteiger partial charge in [-0.25, -0.2) is 0 Å². The maximum atomic E-state index is 12.8. The average molecular weight is 354 g/mol. The van der Waals surface area contributed by atoms with Crippen LogP contribution in [0.25, 0.3) is 0 Å². The Hall–Kier alpha value is -1.86. The van der Waals surface area contributed by atoms with Crippen LogP contribution in [0.3, 0.4) is 0 Å². The lowest BCUT2D eigenvalue weighted by Crippen LogP contribution is -2.49. The third-order valence-electron chi connectivity index (χ3n) is 4.72. The van der Waals surface area contributed by atoms with Gasteiger partial charge in [0.25, 0.3) is 11.5 Å². The Kier molecular flexibility index (Phi) is 4.91. The molecular weight excluding hydrogens is 334 g/mol. The normalized spacial score (nSPS) is 23.5. The zero-order valence-electron chi connectivity index (χ0n) is 13.5. The van der Waals surface area contributed by atoms with Crippen molar-refractivity contribution >= 4 is 23.4 Å². The number of H-pyrrole nitrogens is 1. The van der Waals surface area contributed by atoms with Crippen molar-refractivity contribution in [1.82, 2.24) is 14.8 Å². The van der Waals surface area contributed by atoms with Gasteiger partial charge >= 0.3 is 0 Å². The van der Waals surface area contributed by atoms with Crippen molar-refractivity contribution in [3.05, 3.63) is 33.2 Å². The second-order valence-electron chi connectivity index (χ2n) is 6.23. The number of rotatable bonds is 4. The molecule has 130 valence electrons. The molecule has 0 aliphatic carbocycles. The van der Waals surface area contributed by atoms with E-state index in [9.17, 15) is 14.4 Å². The highest BCUT2D eigenvalue weighted by molar-refractivity contribution is 6.30. The lowest BCUT2D eigenvalue weighted by atomic mass is 9.94. The number of fused-ring (bicyclic) bond motifs is 4. The number of aromatic amines is 1. The van der Waals surface area contributed by atoms with Crippen LogP contribution in [-0.2, 0) is 9.53 Å². The van der Waals surface area contributed by atoms with Gasteiger partial charge < -0.3 is 19.5 Å². The first-order valence-electron chi connectivity index (χ1n) is 7.98. The molecule has 1 N–H and O–H groups in total. The van der Waals surface area contributed by atoms with Crippen molar-refractivity contribution in [3.8, 4) is 0 Å². The average Bonchev–Trinajstić information content (AvgIpc) is 2.86. The third-order valence-corrected chi connectivity index (χ3v) is 5.00. The first kappa shape index (κ1) is 17.0. The maximum Gasteiger partial charge on any atom is 0.266 e. The van der Waals surface area contributed by atoms with E-state index in [0.717, 1.165) is 12.8 Å². The van der Waals surface area contributed by atoms with Gasteiger partial charge in [-0.15, -0.1) is 0 Å². The van der Waals surface area contributed by atoms with Crippen LogP contribution in [0, 0.1) is 5.92 Å². The second kappa shape index (κ2) is 6.94. The van der Waals surface area contributed by atoms with E-state index in [2.05, 4.69) is 4.98 Å².